The zero-order valence-corrected chi connectivity index (χ0v) is 12.8. The number of hydrogen-bond acceptors (Lipinski definition) is 2. The van der Waals surface area contributed by atoms with Gasteiger partial charge < -0.3 is 10.1 Å². The van der Waals surface area contributed by atoms with E-state index in [4.69, 9.17) is 4.74 Å². The Hall–Kier alpha value is -1.10. The smallest absolute Gasteiger partial charge is 0.254 e. The van der Waals surface area contributed by atoms with Crippen molar-refractivity contribution in [1.29, 1.82) is 0 Å². The maximum absolute atomic E-state index is 13.7. The summed E-state index contributed by atoms with van der Waals surface area (Å²) in [5.41, 5.74) is 0.0505. The van der Waals surface area contributed by atoms with Crippen molar-refractivity contribution in [2.24, 2.45) is 5.92 Å². The zero-order chi connectivity index (χ0) is 14.3. The van der Waals surface area contributed by atoms with Crippen molar-refractivity contribution < 1.29 is 13.9 Å². The van der Waals surface area contributed by atoms with Gasteiger partial charge in [0.05, 0.1) is 12.7 Å². The first-order valence-corrected chi connectivity index (χ1v) is 7.42. The van der Waals surface area contributed by atoms with Crippen molar-refractivity contribution in [2.75, 3.05) is 19.0 Å². The van der Waals surface area contributed by atoms with Gasteiger partial charge in [-0.2, -0.15) is 0 Å². The minimum absolute atomic E-state index is 0.0505. The summed E-state index contributed by atoms with van der Waals surface area (Å²) < 4.78 is 18.6. The van der Waals surface area contributed by atoms with E-state index in [0.717, 1.165) is 18.2 Å². The lowest BCUT2D eigenvalue weighted by Gasteiger charge is -2.14. The topological polar surface area (TPSA) is 38.3 Å². The highest BCUT2D eigenvalue weighted by atomic mass is 79.9. The first-order valence-electron chi connectivity index (χ1n) is 6.30. The summed E-state index contributed by atoms with van der Waals surface area (Å²) in [4.78, 5) is 11.9. The highest BCUT2D eigenvalue weighted by molar-refractivity contribution is 9.09. The number of benzene rings is 1. The summed E-state index contributed by atoms with van der Waals surface area (Å²) in [6.45, 7) is 2.64. The molecule has 1 N–H and O–H groups in total. The number of halogens is 2. The molecule has 1 amide bonds. The van der Waals surface area contributed by atoms with Gasteiger partial charge in [0, 0.05) is 17.9 Å². The third-order valence-electron chi connectivity index (χ3n) is 3.07. The summed E-state index contributed by atoms with van der Waals surface area (Å²) >= 11 is 3.38. The number of rotatable bonds is 7. The SMILES string of the molecule is CCC(CCBr)CNC(=O)c1ccc(OC)cc1F. The number of amides is 1. The maximum Gasteiger partial charge on any atom is 0.254 e. The molecule has 1 aromatic carbocycles. The summed E-state index contributed by atoms with van der Waals surface area (Å²) in [6, 6.07) is 4.23. The molecular formula is C14H19BrFNO2. The standard InChI is InChI=1S/C14H19BrFNO2/c1-3-10(6-7-15)9-17-14(18)12-5-4-11(19-2)8-13(12)16/h4-5,8,10H,3,6-7,9H2,1-2H3,(H,17,18). The highest BCUT2D eigenvalue weighted by Crippen LogP contribution is 2.16. The molecule has 3 nitrogen and oxygen atoms in total. The van der Waals surface area contributed by atoms with Gasteiger partial charge in [0.2, 0.25) is 0 Å². The molecule has 0 aliphatic carbocycles. The molecule has 1 aromatic rings. The molecule has 0 spiro atoms. The molecule has 0 heterocycles. The summed E-state index contributed by atoms with van der Waals surface area (Å²) in [5, 5.41) is 3.67. The summed E-state index contributed by atoms with van der Waals surface area (Å²) in [5.74, 6) is -0.136. The van der Waals surface area contributed by atoms with E-state index in [-0.39, 0.29) is 11.5 Å². The number of carbonyl (C=O) groups is 1. The second kappa shape index (κ2) is 8.15. The maximum atomic E-state index is 13.7. The highest BCUT2D eigenvalue weighted by Gasteiger charge is 2.14. The molecule has 0 saturated heterocycles. The van der Waals surface area contributed by atoms with Crippen LogP contribution in [0, 0.1) is 11.7 Å². The Bertz CT molecular complexity index is 426. The van der Waals surface area contributed by atoms with Crippen LogP contribution in [0.4, 0.5) is 4.39 Å². The molecule has 0 aliphatic heterocycles. The number of alkyl halides is 1. The lowest BCUT2D eigenvalue weighted by Crippen LogP contribution is -2.30. The minimum Gasteiger partial charge on any atom is -0.497 e. The number of carbonyl (C=O) groups excluding carboxylic acids is 1. The van der Waals surface area contributed by atoms with E-state index in [1.807, 2.05) is 0 Å². The van der Waals surface area contributed by atoms with Gasteiger partial charge in [-0.25, -0.2) is 4.39 Å². The van der Waals surface area contributed by atoms with Crippen LogP contribution in [0.25, 0.3) is 0 Å². The van der Waals surface area contributed by atoms with Gasteiger partial charge in [0.1, 0.15) is 11.6 Å². The third kappa shape index (κ3) is 4.82. The van der Waals surface area contributed by atoms with Crippen LogP contribution in [-0.4, -0.2) is 24.9 Å². The Morgan fingerprint density at radius 3 is 2.79 bits per heavy atom. The monoisotopic (exact) mass is 331 g/mol. The van der Waals surface area contributed by atoms with Crippen LogP contribution in [0.15, 0.2) is 18.2 Å². The molecule has 1 unspecified atom stereocenters. The molecular weight excluding hydrogens is 313 g/mol. The number of nitrogens with one attached hydrogen (secondary N) is 1. The Balaban J connectivity index is 2.63. The second-order valence-corrected chi connectivity index (χ2v) is 5.10. The average molecular weight is 332 g/mol. The van der Waals surface area contributed by atoms with Crippen LogP contribution >= 0.6 is 15.9 Å². The predicted octanol–water partition coefficient (Wildman–Crippen LogP) is 3.38. The fourth-order valence-electron chi connectivity index (χ4n) is 1.74. The number of methoxy groups -OCH3 is 1. The van der Waals surface area contributed by atoms with Crippen molar-refractivity contribution in [3.8, 4) is 5.75 Å². The predicted molar refractivity (Wildman–Crippen MR) is 77.5 cm³/mol. The van der Waals surface area contributed by atoms with E-state index >= 15 is 0 Å². The quantitative estimate of drug-likeness (QED) is 0.778. The normalized spacial score (nSPS) is 12.0. The lowest BCUT2D eigenvalue weighted by atomic mass is 10.0. The van der Waals surface area contributed by atoms with Gasteiger partial charge >= 0.3 is 0 Å². The van der Waals surface area contributed by atoms with Gasteiger partial charge in [-0.05, 0) is 24.5 Å². The Labute approximate surface area is 121 Å². The van der Waals surface area contributed by atoms with E-state index in [0.29, 0.717) is 18.2 Å². The molecule has 0 bridgehead atoms. The van der Waals surface area contributed by atoms with Gasteiger partial charge in [-0.3, -0.25) is 4.79 Å². The van der Waals surface area contributed by atoms with Crippen LogP contribution in [0.1, 0.15) is 30.1 Å². The third-order valence-corrected chi connectivity index (χ3v) is 3.52. The van der Waals surface area contributed by atoms with Gasteiger partial charge in [0.25, 0.3) is 5.91 Å². The second-order valence-electron chi connectivity index (χ2n) is 4.31. The summed E-state index contributed by atoms with van der Waals surface area (Å²) in [7, 11) is 1.46. The molecule has 1 rings (SSSR count). The fraction of sp³-hybridized carbons (Fsp3) is 0.500. The molecule has 0 saturated carbocycles. The Kier molecular flexibility index (Phi) is 6.84. The molecule has 1 atom stereocenters. The van der Waals surface area contributed by atoms with Crippen LogP contribution in [0.3, 0.4) is 0 Å². The van der Waals surface area contributed by atoms with E-state index in [2.05, 4.69) is 28.2 Å². The van der Waals surface area contributed by atoms with Gasteiger partial charge in [-0.15, -0.1) is 0 Å². The van der Waals surface area contributed by atoms with Crippen molar-refractivity contribution in [3.05, 3.63) is 29.6 Å². The van der Waals surface area contributed by atoms with Crippen molar-refractivity contribution in [3.63, 3.8) is 0 Å². The van der Waals surface area contributed by atoms with Crippen LogP contribution in [0.2, 0.25) is 0 Å². The van der Waals surface area contributed by atoms with Crippen molar-refractivity contribution >= 4 is 21.8 Å². The molecule has 0 radical (unpaired) electrons. The number of hydrogen-bond donors (Lipinski definition) is 1. The fourth-order valence-corrected chi connectivity index (χ4v) is 2.39. The van der Waals surface area contributed by atoms with Gasteiger partial charge in [0.15, 0.2) is 0 Å². The minimum atomic E-state index is -0.564. The zero-order valence-electron chi connectivity index (χ0n) is 11.2. The van der Waals surface area contributed by atoms with E-state index in [1.165, 1.54) is 19.2 Å². The molecule has 0 fully saturated rings. The molecule has 0 aliphatic rings. The molecule has 19 heavy (non-hydrogen) atoms. The lowest BCUT2D eigenvalue weighted by molar-refractivity contribution is 0.0942. The van der Waals surface area contributed by atoms with E-state index in [1.54, 1.807) is 6.07 Å². The first-order chi connectivity index (χ1) is 9.12. The first kappa shape index (κ1) is 16.0. The Morgan fingerprint density at radius 2 is 2.26 bits per heavy atom. The summed E-state index contributed by atoms with van der Waals surface area (Å²) in [6.07, 6.45) is 1.97. The van der Waals surface area contributed by atoms with Crippen molar-refractivity contribution in [2.45, 2.75) is 19.8 Å². The van der Waals surface area contributed by atoms with Crippen LogP contribution in [0.5, 0.6) is 5.75 Å². The molecule has 106 valence electrons. The van der Waals surface area contributed by atoms with E-state index in [9.17, 15) is 9.18 Å². The molecule has 5 heteroatoms. The average Bonchev–Trinajstić information content (AvgIpc) is 2.42. The van der Waals surface area contributed by atoms with Crippen LogP contribution in [-0.2, 0) is 0 Å². The van der Waals surface area contributed by atoms with Crippen molar-refractivity contribution in [1.82, 2.24) is 5.32 Å². The number of ether oxygens (including phenoxy) is 1. The molecule has 0 aromatic heterocycles. The van der Waals surface area contributed by atoms with E-state index < -0.39 is 5.82 Å². The van der Waals surface area contributed by atoms with Gasteiger partial charge in [-0.1, -0.05) is 29.3 Å². The Morgan fingerprint density at radius 1 is 1.53 bits per heavy atom. The van der Waals surface area contributed by atoms with Crippen LogP contribution < -0.4 is 10.1 Å². The largest absolute Gasteiger partial charge is 0.497 e.